The molecule has 0 aliphatic rings. The third-order valence-corrected chi connectivity index (χ3v) is 2.98. The smallest absolute Gasteiger partial charge is 0.261 e. The molecule has 2 aromatic carbocycles. The number of ketones is 1. The first-order chi connectivity index (χ1) is 10.0. The summed E-state index contributed by atoms with van der Waals surface area (Å²) in [6.45, 7) is 1.75. The van der Waals surface area contributed by atoms with E-state index in [1.807, 2.05) is 0 Å². The van der Waals surface area contributed by atoms with Crippen molar-refractivity contribution in [3.63, 3.8) is 0 Å². The van der Waals surface area contributed by atoms with Crippen LogP contribution >= 0.6 is 0 Å². The van der Waals surface area contributed by atoms with Gasteiger partial charge in [-0.3, -0.25) is 9.59 Å². The number of hydrogen-bond acceptors (Lipinski definition) is 2. The molecule has 2 aromatic rings. The Morgan fingerprint density at radius 3 is 2.10 bits per heavy atom. The Balaban J connectivity index is 2.18. The van der Waals surface area contributed by atoms with Crippen molar-refractivity contribution in [2.24, 2.45) is 0 Å². The number of rotatable bonds is 4. The van der Waals surface area contributed by atoms with Crippen LogP contribution in [0.1, 0.15) is 34.1 Å². The third-order valence-electron chi connectivity index (χ3n) is 2.98. The molecular weight excluding hydrogens is 276 g/mol. The van der Waals surface area contributed by atoms with Gasteiger partial charge in [-0.15, -0.1) is 0 Å². The molecule has 3 nitrogen and oxygen atoms in total. The topological polar surface area (TPSA) is 46.2 Å². The van der Waals surface area contributed by atoms with Crippen molar-refractivity contribution in [1.82, 2.24) is 0 Å². The van der Waals surface area contributed by atoms with E-state index in [0.29, 0.717) is 17.7 Å². The van der Waals surface area contributed by atoms with Crippen LogP contribution in [0.25, 0.3) is 0 Å². The molecule has 0 saturated carbocycles. The highest BCUT2D eigenvalue weighted by Gasteiger charge is 2.17. The molecule has 1 amide bonds. The maximum absolute atomic E-state index is 13.5. The summed E-state index contributed by atoms with van der Waals surface area (Å²) < 4.78 is 26.9. The Bertz CT molecular complexity index is 661. The largest absolute Gasteiger partial charge is 0.322 e. The number of halogens is 2. The summed E-state index contributed by atoms with van der Waals surface area (Å²) in [5.74, 6) is -2.75. The van der Waals surface area contributed by atoms with Gasteiger partial charge >= 0.3 is 0 Å². The minimum Gasteiger partial charge on any atom is -0.322 e. The van der Waals surface area contributed by atoms with Crippen molar-refractivity contribution in [2.45, 2.75) is 13.3 Å². The molecule has 0 aliphatic heterocycles. The highest BCUT2D eigenvalue weighted by Crippen LogP contribution is 2.16. The molecule has 2 rings (SSSR count). The van der Waals surface area contributed by atoms with E-state index in [1.165, 1.54) is 18.2 Å². The van der Waals surface area contributed by atoms with Gasteiger partial charge in [0, 0.05) is 17.7 Å². The Kier molecular flexibility index (Phi) is 4.42. The van der Waals surface area contributed by atoms with E-state index in [1.54, 1.807) is 19.1 Å². The molecule has 0 fully saturated rings. The van der Waals surface area contributed by atoms with Crippen LogP contribution in [0.3, 0.4) is 0 Å². The second-order valence-corrected chi connectivity index (χ2v) is 4.40. The van der Waals surface area contributed by atoms with Crippen LogP contribution in [-0.4, -0.2) is 11.7 Å². The summed E-state index contributed by atoms with van der Waals surface area (Å²) in [6, 6.07) is 9.35. The van der Waals surface area contributed by atoms with E-state index in [2.05, 4.69) is 5.32 Å². The lowest BCUT2D eigenvalue weighted by Gasteiger charge is -2.07. The molecule has 5 heteroatoms. The van der Waals surface area contributed by atoms with Gasteiger partial charge in [0.2, 0.25) is 0 Å². The normalized spacial score (nSPS) is 10.2. The van der Waals surface area contributed by atoms with Gasteiger partial charge in [0.1, 0.15) is 17.2 Å². The molecule has 0 atom stereocenters. The predicted octanol–water partition coefficient (Wildman–Crippen LogP) is 3.81. The van der Waals surface area contributed by atoms with Crippen LogP contribution < -0.4 is 5.32 Å². The van der Waals surface area contributed by atoms with Crippen LogP contribution in [0.15, 0.2) is 42.5 Å². The van der Waals surface area contributed by atoms with Crippen molar-refractivity contribution in [3.8, 4) is 0 Å². The zero-order valence-corrected chi connectivity index (χ0v) is 11.3. The first-order valence-corrected chi connectivity index (χ1v) is 6.41. The number of anilines is 1. The van der Waals surface area contributed by atoms with Gasteiger partial charge < -0.3 is 5.32 Å². The van der Waals surface area contributed by atoms with Crippen LogP contribution in [0.2, 0.25) is 0 Å². The van der Waals surface area contributed by atoms with Crippen LogP contribution in [0.5, 0.6) is 0 Å². The summed E-state index contributed by atoms with van der Waals surface area (Å²) in [4.78, 5) is 23.3. The van der Waals surface area contributed by atoms with Gasteiger partial charge in [-0.1, -0.05) is 13.0 Å². The van der Waals surface area contributed by atoms with E-state index in [0.717, 1.165) is 12.1 Å². The Hall–Kier alpha value is -2.56. The van der Waals surface area contributed by atoms with Crippen LogP contribution in [-0.2, 0) is 0 Å². The van der Waals surface area contributed by atoms with E-state index >= 15 is 0 Å². The highest BCUT2D eigenvalue weighted by molar-refractivity contribution is 6.05. The SMILES string of the molecule is CCC(=O)c1ccc(NC(=O)c2c(F)cccc2F)cc1. The monoisotopic (exact) mass is 289 g/mol. The zero-order valence-electron chi connectivity index (χ0n) is 11.3. The van der Waals surface area contributed by atoms with Crippen molar-refractivity contribution in [2.75, 3.05) is 5.32 Å². The summed E-state index contributed by atoms with van der Waals surface area (Å²) in [5.41, 5.74) is 0.245. The fraction of sp³-hybridized carbons (Fsp3) is 0.125. The number of hydrogen-bond donors (Lipinski definition) is 1. The molecule has 1 N–H and O–H groups in total. The minimum atomic E-state index is -0.926. The average Bonchev–Trinajstić information content (AvgIpc) is 2.47. The summed E-state index contributed by atoms with van der Waals surface area (Å²) in [5, 5.41) is 2.39. The van der Waals surface area contributed by atoms with Crippen molar-refractivity contribution in [3.05, 3.63) is 65.2 Å². The van der Waals surface area contributed by atoms with E-state index in [4.69, 9.17) is 0 Å². The second-order valence-electron chi connectivity index (χ2n) is 4.40. The molecular formula is C16H13F2NO2. The lowest BCUT2D eigenvalue weighted by molar-refractivity contribution is 0.0986. The van der Waals surface area contributed by atoms with Gasteiger partial charge in [0.05, 0.1) is 0 Å². The third kappa shape index (κ3) is 3.31. The average molecular weight is 289 g/mol. The Labute approximate surface area is 120 Å². The first-order valence-electron chi connectivity index (χ1n) is 6.41. The molecule has 0 bridgehead atoms. The molecule has 0 aromatic heterocycles. The fourth-order valence-electron chi connectivity index (χ4n) is 1.85. The number of carbonyl (C=O) groups excluding carboxylic acids is 2. The second kappa shape index (κ2) is 6.26. The van der Waals surface area contributed by atoms with E-state index < -0.39 is 23.1 Å². The predicted molar refractivity (Wildman–Crippen MR) is 75.4 cm³/mol. The Morgan fingerprint density at radius 2 is 1.57 bits per heavy atom. The summed E-state index contributed by atoms with van der Waals surface area (Å²) in [6.07, 6.45) is 0.381. The molecule has 108 valence electrons. The van der Waals surface area contributed by atoms with Crippen molar-refractivity contribution < 1.29 is 18.4 Å². The zero-order chi connectivity index (χ0) is 15.4. The highest BCUT2D eigenvalue weighted by atomic mass is 19.1. The molecule has 21 heavy (non-hydrogen) atoms. The Morgan fingerprint density at radius 1 is 1.00 bits per heavy atom. The van der Waals surface area contributed by atoms with Crippen LogP contribution in [0, 0.1) is 11.6 Å². The number of benzene rings is 2. The van der Waals surface area contributed by atoms with Gasteiger partial charge in [-0.2, -0.15) is 0 Å². The lowest BCUT2D eigenvalue weighted by atomic mass is 10.1. The van der Waals surface area contributed by atoms with Gasteiger partial charge in [-0.25, -0.2) is 8.78 Å². The van der Waals surface area contributed by atoms with Crippen molar-refractivity contribution >= 4 is 17.4 Å². The number of Topliss-reactive ketones (excluding diaryl/α,β-unsaturated/α-hetero) is 1. The van der Waals surface area contributed by atoms with E-state index in [9.17, 15) is 18.4 Å². The maximum atomic E-state index is 13.5. The van der Waals surface area contributed by atoms with Gasteiger partial charge in [-0.05, 0) is 36.4 Å². The quantitative estimate of drug-likeness (QED) is 0.870. The number of carbonyl (C=O) groups is 2. The maximum Gasteiger partial charge on any atom is 0.261 e. The molecule has 0 aliphatic carbocycles. The fourth-order valence-corrected chi connectivity index (χ4v) is 1.85. The van der Waals surface area contributed by atoms with E-state index in [-0.39, 0.29) is 5.78 Å². The molecule has 0 unspecified atom stereocenters. The molecule has 0 radical (unpaired) electrons. The number of amides is 1. The molecule has 0 spiro atoms. The standard InChI is InChI=1S/C16H13F2NO2/c1-2-14(20)10-6-8-11(9-7-10)19-16(21)15-12(17)4-3-5-13(15)18/h3-9H,2H2,1H3,(H,19,21). The minimum absolute atomic E-state index is 0.0203. The molecule has 0 saturated heterocycles. The first kappa shape index (κ1) is 14.8. The number of nitrogens with one attached hydrogen (secondary N) is 1. The van der Waals surface area contributed by atoms with Gasteiger partial charge in [0.25, 0.3) is 5.91 Å². The summed E-state index contributed by atoms with van der Waals surface area (Å²) in [7, 11) is 0. The summed E-state index contributed by atoms with van der Waals surface area (Å²) >= 11 is 0. The van der Waals surface area contributed by atoms with Crippen LogP contribution in [0.4, 0.5) is 14.5 Å². The van der Waals surface area contributed by atoms with Crippen molar-refractivity contribution in [1.29, 1.82) is 0 Å². The molecule has 0 heterocycles. The van der Waals surface area contributed by atoms with Gasteiger partial charge in [0.15, 0.2) is 5.78 Å². The lowest BCUT2D eigenvalue weighted by Crippen LogP contribution is -2.15.